The molecule has 0 saturated heterocycles. The predicted octanol–water partition coefficient (Wildman–Crippen LogP) is -1.13. The molecule has 0 aromatic carbocycles. The fourth-order valence-electron chi connectivity index (χ4n) is 0. The first-order valence-electron chi connectivity index (χ1n) is 1.79. The molecule has 0 aliphatic carbocycles. The van der Waals surface area contributed by atoms with E-state index in [0.29, 0.717) is 0 Å². The smallest absolute Gasteiger partial charge is 0.356 e. The zero-order chi connectivity index (χ0) is 11.7. The van der Waals surface area contributed by atoms with Gasteiger partial charge in [0.1, 0.15) is 0 Å². The molecule has 0 heterocycles. The molecule has 85 valence electrons. The van der Waals surface area contributed by atoms with Crippen LogP contribution in [0.4, 0.5) is 0 Å². The topological polar surface area (TPSA) is 207 Å². The van der Waals surface area contributed by atoms with E-state index >= 15 is 0 Å². The van der Waals surface area contributed by atoms with E-state index in [1.165, 1.54) is 0 Å². The molecule has 0 saturated carbocycles. The monoisotopic (exact) mass is 277 g/mol. The summed E-state index contributed by atoms with van der Waals surface area (Å²) in [6.45, 7) is 0. The average molecular weight is 277 g/mol. The van der Waals surface area contributed by atoms with Crippen molar-refractivity contribution < 1.29 is 44.8 Å². The maximum absolute atomic E-state index is 8.74. The molecule has 0 bridgehead atoms. The first-order chi connectivity index (χ1) is 5.46. The van der Waals surface area contributed by atoms with Crippen molar-refractivity contribution in [3.8, 4) is 0 Å². The third-order valence-electron chi connectivity index (χ3n) is 0. The zero-order valence-electron chi connectivity index (χ0n) is 5.84. The van der Waals surface area contributed by atoms with Crippen LogP contribution in [0.3, 0.4) is 0 Å². The molecule has 14 heavy (non-hydrogen) atoms. The van der Waals surface area contributed by atoms with E-state index in [0.717, 1.165) is 0 Å². The third-order valence-corrected chi connectivity index (χ3v) is 0. The quantitative estimate of drug-likeness (QED) is 0.235. The molecule has 14 heteroatoms. The van der Waals surface area contributed by atoms with Gasteiger partial charge in [0.15, 0.2) is 0 Å². The van der Waals surface area contributed by atoms with Gasteiger partial charge in [0, 0.05) is 0 Å². The van der Waals surface area contributed by atoms with Crippen molar-refractivity contribution in [2.24, 2.45) is 0 Å². The van der Waals surface area contributed by atoms with Gasteiger partial charge in [0.2, 0.25) is 0 Å². The molecule has 0 aliphatic rings. The second-order valence-corrected chi connectivity index (χ2v) is 1.79. The second kappa shape index (κ2) is 11.8. The Labute approximate surface area is 86.4 Å². The van der Waals surface area contributed by atoms with Gasteiger partial charge in [-0.3, -0.25) is 9.11 Å². The minimum absolute atomic E-state index is 0. The van der Waals surface area contributed by atoms with Crippen molar-refractivity contribution in [2.45, 2.75) is 0 Å². The fraction of sp³-hybridized carbons (Fsp3) is 0. The summed E-state index contributed by atoms with van der Waals surface area (Å²) in [5.41, 5.74) is 0. The first kappa shape index (κ1) is 23.0. The molecule has 0 aliphatic heterocycles. The summed E-state index contributed by atoms with van der Waals surface area (Å²) >= 11 is 0. The number of hydrogen-bond acceptors (Lipinski definition) is 8. The normalized spacial score (nSPS) is 7.57. The second-order valence-electron chi connectivity index (χ2n) is 0.895. The van der Waals surface area contributed by atoms with E-state index < -0.39 is 20.6 Å². The van der Waals surface area contributed by atoms with Gasteiger partial charge in [-0.05, 0) is 0 Å². The van der Waals surface area contributed by atoms with E-state index in [1.54, 1.807) is 0 Å². The fourth-order valence-corrected chi connectivity index (χ4v) is 0. The number of rotatable bonds is 0. The minimum Gasteiger partial charge on any atom is -0.356 e. The Morgan fingerprint density at radius 2 is 0.857 bits per heavy atom. The van der Waals surface area contributed by atoms with Crippen LogP contribution in [-0.4, -0.2) is 27.7 Å². The van der Waals surface area contributed by atoms with Gasteiger partial charge in [-0.1, -0.05) is 0 Å². The van der Waals surface area contributed by atoms with Crippen LogP contribution in [0.15, 0.2) is 0 Å². The summed E-state index contributed by atoms with van der Waals surface area (Å²) in [7, 11) is -4.67. The predicted molar refractivity (Wildman–Crippen MR) is 34.9 cm³/mol. The molecule has 0 fully saturated rings. The van der Waals surface area contributed by atoms with E-state index in [4.69, 9.17) is 48.2 Å². The van der Waals surface area contributed by atoms with Crippen molar-refractivity contribution in [1.82, 2.24) is 0 Å². The Balaban J connectivity index is -0.0000000522. The summed E-state index contributed by atoms with van der Waals surface area (Å²) in [6, 6.07) is 0. The van der Waals surface area contributed by atoms with Crippen LogP contribution in [0.25, 0.3) is 0 Å². The molecule has 0 aromatic rings. The standard InChI is InChI=1S/Mn.2NO3.H2O4S/c;2*2-1(3)4;1-5(2,3)4/h;;;(H2,1,2,3,4)/q+2;2*-1;. The summed E-state index contributed by atoms with van der Waals surface area (Å²) in [4.78, 5) is 16.5. The Morgan fingerprint density at radius 1 is 0.857 bits per heavy atom. The van der Waals surface area contributed by atoms with Crippen molar-refractivity contribution >= 4 is 10.4 Å². The van der Waals surface area contributed by atoms with Crippen LogP contribution >= 0.6 is 0 Å². The van der Waals surface area contributed by atoms with Gasteiger partial charge in [0.25, 0.3) is 0 Å². The van der Waals surface area contributed by atoms with Crippen molar-refractivity contribution in [2.75, 3.05) is 0 Å². The van der Waals surface area contributed by atoms with Gasteiger partial charge in [-0.25, -0.2) is 0 Å². The molecule has 0 spiro atoms. The summed E-state index contributed by atoms with van der Waals surface area (Å²) in [6.07, 6.45) is 0. The van der Waals surface area contributed by atoms with Gasteiger partial charge in [-0.15, -0.1) is 0 Å². The van der Waals surface area contributed by atoms with Crippen LogP contribution in [0.5, 0.6) is 0 Å². The summed E-state index contributed by atoms with van der Waals surface area (Å²) in [5, 5.41) is 29.5. The van der Waals surface area contributed by atoms with Crippen molar-refractivity contribution in [1.29, 1.82) is 0 Å². The molecule has 0 aromatic heterocycles. The number of hydrogen-bond donors (Lipinski definition) is 2. The van der Waals surface area contributed by atoms with Crippen molar-refractivity contribution in [3.05, 3.63) is 30.6 Å². The van der Waals surface area contributed by atoms with E-state index in [-0.39, 0.29) is 17.1 Å². The average Bonchev–Trinajstić information content (AvgIpc) is 1.50. The molecule has 1 radical (unpaired) electrons. The van der Waals surface area contributed by atoms with E-state index in [9.17, 15) is 0 Å². The number of nitrogens with zero attached hydrogens (tertiary/aromatic N) is 2. The molecular weight excluding hydrogens is 275 g/mol. The van der Waals surface area contributed by atoms with Gasteiger partial charge < -0.3 is 30.6 Å². The van der Waals surface area contributed by atoms with Crippen LogP contribution in [0.2, 0.25) is 0 Å². The van der Waals surface area contributed by atoms with Crippen LogP contribution < -0.4 is 0 Å². The van der Waals surface area contributed by atoms with Crippen LogP contribution in [0, 0.1) is 30.6 Å². The zero-order valence-corrected chi connectivity index (χ0v) is 7.84. The van der Waals surface area contributed by atoms with Gasteiger partial charge >= 0.3 is 27.5 Å². The molecular formula is H2MnN2O10S. The molecule has 0 atom stereocenters. The summed E-state index contributed by atoms with van der Waals surface area (Å²) in [5.74, 6) is 0. The maximum Gasteiger partial charge on any atom is 2.00 e. The van der Waals surface area contributed by atoms with Gasteiger partial charge in [0.05, 0.1) is 10.2 Å². The maximum atomic E-state index is 8.74. The third kappa shape index (κ3) is 706. The molecule has 0 unspecified atom stereocenters. The Morgan fingerprint density at radius 3 is 0.857 bits per heavy atom. The SMILES string of the molecule is O=S(=O)(O)O.O=[N+]([O-])[O-].O=[N+]([O-])[O-].[Mn+2]. The molecule has 12 nitrogen and oxygen atoms in total. The van der Waals surface area contributed by atoms with Crippen molar-refractivity contribution in [3.63, 3.8) is 0 Å². The van der Waals surface area contributed by atoms with E-state index in [1.807, 2.05) is 0 Å². The van der Waals surface area contributed by atoms with Crippen LogP contribution in [-0.2, 0) is 27.5 Å². The Hall–Kier alpha value is -1.21. The first-order valence-corrected chi connectivity index (χ1v) is 3.19. The minimum atomic E-state index is -4.67. The molecule has 2 N–H and O–H groups in total. The Bertz CT molecular complexity index is 213. The van der Waals surface area contributed by atoms with Gasteiger partial charge in [-0.2, -0.15) is 8.42 Å². The molecule has 0 amide bonds. The van der Waals surface area contributed by atoms with Crippen LogP contribution in [0.1, 0.15) is 0 Å². The largest absolute Gasteiger partial charge is 2.00 e. The molecule has 0 rings (SSSR count). The summed E-state index contributed by atoms with van der Waals surface area (Å²) < 4.78 is 31.6. The Kier molecular flexibility index (Phi) is 19.4. The van der Waals surface area contributed by atoms with E-state index in [2.05, 4.69) is 0 Å².